The van der Waals surface area contributed by atoms with Crippen molar-refractivity contribution < 1.29 is 0 Å². The molecule has 0 bridgehead atoms. The molecule has 0 aliphatic rings. The summed E-state index contributed by atoms with van der Waals surface area (Å²) in [6, 6.07) is 8.70. The lowest BCUT2D eigenvalue weighted by Crippen LogP contribution is -2.23. The van der Waals surface area contributed by atoms with E-state index in [-0.39, 0.29) is 6.04 Å². The van der Waals surface area contributed by atoms with Crippen LogP contribution in [0.4, 0.5) is 0 Å². The van der Waals surface area contributed by atoms with Gasteiger partial charge >= 0.3 is 0 Å². The first-order valence-corrected chi connectivity index (χ1v) is 7.97. The molecular weight excluding hydrogens is 294 g/mol. The molecule has 0 radical (unpaired) electrons. The van der Waals surface area contributed by atoms with E-state index in [1.807, 2.05) is 11.8 Å². The average molecular weight is 316 g/mol. The van der Waals surface area contributed by atoms with Crippen LogP contribution in [0, 0.1) is 5.92 Å². The smallest absolute Gasteiger partial charge is 0.0445 e. The zero-order chi connectivity index (χ0) is 12.8. The molecule has 0 saturated carbocycles. The number of benzene rings is 1. The lowest BCUT2D eigenvalue weighted by molar-refractivity contribution is 0.629. The van der Waals surface area contributed by atoms with Crippen LogP contribution >= 0.6 is 27.7 Å². The molecule has 0 aliphatic carbocycles. The number of thioether (sulfide) groups is 1. The van der Waals surface area contributed by atoms with Gasteiger partial charge in [0.15, 0.2) is 0 Å². The first-order valence-electron chi connectivity index (χ1n) is 6.13. The van der Waals surface area contributed by atoms with Gasteiger partial charge in [0, 0.05) is 15.8 Å². The van der Waals surface area contributed by atoms with E-state index in [2.05, 4.69) is 61.0 Å². The molecule has 17 heavy (non-hydrogen) atoms. The summed E-state index contributed by atoms with van der Waals surface area (Å²) < 4.78 is 1.12. The highest BCUT2D eigenvalue weighted by Crippen LogP contribution is 2.32. The Bertz CT molecular complexity index is 321. The highest BCUT2D eigenvalue weighted by atomic mass is 79.9. The predicted octanol–water partition coefficient (Wildman–Crippen LogP) is 4.62. The Hall–Kier alpha value is 0.01000. The summed E-state index contributed by atoms with van der Waals surface area (Å²) in [5.41, 5.74) is 7.42. The molecule has 0 aliphatic heterocycles. The third-order valence-electron chi connectivity index (χ3n) is 2.67. The van der Waals surface area contributed by atoms with Gasteiger partial charge in [0.1, 0.15) is 0 Å². The molecule has 0 aromatic heterocycles. The van der Waals surface area contributed by atoms with Gasteiger partial charge in [-0.15, -0.1) is 0 Å². The van der Waals surface area contributed by atoms with Crippen LogP contribution in [-0.2, 0) is 0 Å². The monoisotopic (exact) mass is 315 g/mol. The van der Waals surface area contributed by atoms with Crippen LogP contribution in [0.2, 0.25) is 0 Å². The maximum Gasteiger partial charge on any atom is 0.0445 e. The van der Waals surface area contributed by atoms with Crippen LogP contribution in [0.1, 0.15) is 38.0 Å². The van der Waals surface area contributed by atoms with Crippen molar-refractivity contribution in [2.45, 2.75) is 38.5 Å². The van der Waals surface area contributed by atoms with Gasteiger partial charge in [0.05, 0.1) is 0 Å². The van der Waals surface area contributed by atoms with Crippen molar-refractivity contribution in [2.75, 3.05) is 5.75 Å². The second-order valence-corrected chi connectivity index (χ2v) is 7.05. The SMILES string of the molecule is CC(C)CCSC(c1ccc(Br)cc1)C(C)N. The summed E-state index contributed by atoms with van der Waals surface area (Å²) in [5.74, 6) is 1.95. The zero-order valence-corrected chi connectivity index (χ0v) is 13.2. The fraction of sp³-hybridized carbons (Fsp3) is 0.571. The van der Waals surface area contributed by atoms with Gasteiger partial charge in [-0.05, 0) is 42.7 Å². The molecule has 0 fully saturated rings. The highest BCUT2D eigenvalue weighted by molar-refractivity contribution is 9.10. The van der Waals surface area contributed by atoms with Crippen molar-refractivity contribution >= 4 is 27.7 Å². The quantitative estimate of drug-likeness (QED) is 0.829. The highest BCUT2D eigenvalue weighted by Gasteiger charge is 2.16. The van der Waals surface area contributed by atoms with E-state index < -0.39 is 0 Å². The van der Waals surface area contributed by atoms with E-state index in [0.29, 0.717) is 5.25 Å². The molecule has 3 heteroatoms. The largest absolute Gasteiger partial charge is 0.327 e. The Morgan fingerprint density at radius 1 is 1.18 bits per heavy atom. The number of hydrogen-bond donors (Lipinski definition) is 1. The molecule has 1 rings (SSSR count). The van der Waals surface area contributed by atoms with Gasteiger partial charge in [0.2, 0.25) is 0 Å². The molecule has 1 nitrogen and oxygen atoms in total. The van der Waals surface area contributed by atoms with E-state index >= 15 is 0 Å². The third-order valence-corrected chi connectivity index (χ3v) is 4.73. The minimum Gasteiger partial charge on any atom is -0.327 e. The molecule has 96 valence electrons. The fourth-order valence-corrected chi connectivity index (χ4v) is 3.41. The summed E-state index contributed by atoms with van der Waals surface area (Å²) >= 11 is 5.44. The molecule has 2 atom stereocenters. The van der Waals surface area contributed by atoms with Crippen LogP contribution in [0.25, 0.3) is 0 Å². The molecule has 0 saturated heterocycles. The predicted molar refractivity (Wildman–Crippen MR) is 82.4 cm³/mol. The van der Waals surface area contributed by atoms with E-state index in [0.717, 1.165) is 10.4 Å². The summed E-state index contributed by atoms with van der Waals surface area (Å²) in [7, 11) is 0. The van der Waals surface area contributed by atoms with Crippen LogP contribution in [0.15, 0.2) is 28.7 Å². The average Bonchev–Trinajstić information content (AvgIpc) is 2.25. The zero-order valence-electron chi connectivity index (χ0n) is 10.8. The van der Waals surface area contributed by atoms with E-state index in [4.69, 9.17) is 5.73 Å². The minimum absolute atomic E-state index is 0.188. The standard InChI is InChI=1S/C14H22BrNS/c1-10(2)8-9-17-14(11(3)16)12-4-6-13(15)7-5-12/h4-7,10-11,14H,8-9,16H2,1-3H3. The Morgan fingerprint density at radius 2 is 1.76 bits per heavy atom. The molecular formula is C14H22BrNS. The molecule has 0 amide bonds. The molecule has 2 unspecified atom stereocenters. The van der Waals surface area contributed by atoms with E-state index in [1.165, 1.54) is 17.7 Å². The molecule has 2 N–H and O–H groups in total. The molecule has 1 aromatic carbocycles. The van der Waals surface area contributed by atoms with Crippen LogP contribution in [0.3, 0.4) is 0 Å². The summed E-state index contributed by atoms with van der Waals surface area (Å²) in [5, 5.41) is 0.404. The van der Waals surface area contributed by atoms with E-state index in [1.54, 1.807) is 0 Å². The van der Waals surface area contributed by atoms with Crippen molar-refractivity contribution in [1.29, 1.82) is 0 Å². The Kier molecular flexibility index (Phi) is 6.60. The van der Waals surface area contributed by atoms with Gasteiger partial charge < -0.3 is 5.73 Å². The second kappa shape index (κ2) is 7.45. The normalized spacial score (nSPS) is 14.9. The fourth-order valence-electron chi connectivity index (χ4n) is 1.63. The minimum atomic E-state index is 0.188. The summed E-state index contributed by atoms with van der Waals surface area (Å²) in [6.07, 6.45) is 1.25. The topological polar surface area (TPSA) is 26.0 Å². The van der Waals surface area contributed by atoms with Gasteiger partial charge in [0.25, 0.3) is 0 Å². The maximum absolute atomic E-state index is 6.09. The Morgan fingerprint density at radius 3 is 2.24 bits per heavy atom. The van der Waals surface area contributed by atoms with Crippen molar-refractivity contribution in [3.63, 3.8) is 0 Å². The number of nitrogens with two attached hydrogens (primary N) is 1. The van der Waals surface area contributed by atoms with Gasteiger partial charge in [-0.1, -0.05) is 41.9 Å². The van der Waals surface area contributed by atoms with Gasteiger partial charge in [-0.2, -0.15) is 11.8 Å². The lowest BCUT2D eigenvalue weighted by Gasteiger charge is -2.21. The number of halogens is 1. The maximum atomic E-state index is 6.09. The van der Waals surface area contributed by atoms with Gasteiger partial charge in [-0.3, -0.25) is 0 Å². The van der Waals surface area contributed by atoms with Crippen LogP contribution < -0.4 is 5.73 Å². The summed E-state index contributed by atoms with van der Waals surface area (Å²) in [4.78, 5) is 0. The van der Waals surface area contributed by atoms with Crippen LogP contribution in [-0.4, -0.2) is 11.8 Å². The first-order chi connectivity index (χ1) is 8.00. The summed E-state index contributed by atoms with van der Waals surface area (Å²) in [6.45, 7) is 6.62. The molecule has 0 spiro atoms. The molecule has 1 aromatic rings. The van der Waals surface area contributed by atoms with Crippen molar-refractivity contribution in [2.24, 2.45) is 11.7 Å². The Balaban J connectivity index is 2.62. The number of hydrogen-bond acceptors (Lipinski definition) is 2. The van der Waals surface area contributed by atoms with E-state index in [9.17, 15) is 0 Å². The lowest BCUT2D eigenvalue weighted by atomic mass is 10.1. The van der Waals surface area contributed by atoms with Crippen molar-refractivity contribution in [3.05, 3.63) is 34.3 Å². The van der Waals surface area contributed by atoms with Crippen molar-refractivity contribution in [1.82, 2.24) is 0 Å². The third kappa shape index (κ3) is 5.45. The first kappa shape index (κ1) is 15.1. The second-order valence-electron chi connectivity index (χ2n) is 4.88. The van der Waals surface area contributed by atoms with Gasteiger partial charge in [-0.25, -0.2) is 0 Å². The molecule has 0 heterocycles. The van der Waals surface area contributed by atoms with Crippen LogP contribution in [0.5, 0.6) is 0 Å². The van der Waals surface area contributed by atoms with Crippen molar-refractivity contribution in [3.8, 4) is 0 Å². The number of rotatable bonds is 6. The Labute approximate surface area is 118 Å².